The normalized spacial score (nSPS) is 31.0. The van der Waals surface area contributed by atoms with Crippen molar-refractivity contribution < 1.29 is 9.53 Å². The van der Waals surface area contributed by atoms with Gasteiger partial charge < -0.3 is 4.74 Å². The van der Waals surface area contributed by atoms with E-state index >= 15 is 0 Å². The lowest BCUT2D eigenvalue weighted by atomic mass is 9.88. The summed E-state index contributed by atoms with van der Waals surface area (Å²) in [7, 11) is 1.47. The Hall–Kier alpha value is -0.700. The molecule has 0 saturated carbocycles. The van der Waals surface area contributed by atoms with Gasteiger partial charge in [0.2, 0.25) is 0 Å². The summed E-state index contributed by atoms with van der Waals surface area (Å²) in [5.41, 5.74) is 0. The van der Waals surface area contributed by atoms with Gasteiger partial charge in [0, 0.05) is 11.7 Å². The Morgan fingerprint density at radius 3 is 3.31 bits per heavy atom. The molecule has 0 N–H and O–H groups in total. The van der Waals surface area contributed by atoms with E-state index in [0.29, 0.717) is 5.92 Å². The van der Waals surface area contributed by atoms with Crippen LogP contribution in [0.1, 0.15) is 6.42 Å². The van der Waals surface area contributed by atoms with E-state index in [9.17, 15) is 4.79 Å². The van der Waals surface area contributed by atoms with Gasteiger partial charge in [-0.25, -0.2) is 0 Å². The molecule has 1 fully saturated rings. The molecule has 0 spiro atoms. The summed E-state index contributed by atoms with van der Waals surface area (Å²) in [5.74, 6) is 1.29. The molecule has 13 heavy (non-hydrogen) atoms. The summed E-state index contributed by atoms with van der Waals surface area (Å²) in [4.78, 5) is 12.7. The number of hydrogen-bond acceptors (Lipinski definition) is 3. The van der Waals surface area contributed by atoms with Crippen LogP contribution in [0.2, 0.25) is 0 Å². The SMILES string of the molecule is COC(=O)C1CSC2=CC=CCC21. The molecular weight excluding hydrogens is 184 g/mol. The van der Waals surface area contributed by atoms with Gasteiger partial charge in [0.05, 0.1) is 13.0 Å². The van der Waals surface area contributed by atoms with Crippen molar-refractivity contribution >= 4 is 17.7 Å². The molecule has 2 nitrogen and oxygen atoms in total. The standard InChI is InChI=1S/C10H12O2S/c1-12-10(11)8-6-13-9-5-3-2-4-7(8)9/h2-3,5,7-8H,4,6H2,1H3. The van der Waals surface area contributed by atoms with Gasteiger partial charge in [0.25, 0.3) is 0 Å². The molecule has 0 amide bonds. The van der Waals surface area contributed by atoms with Gasteiger partial charge in [-0.05, 0) is 11.3 Å². The third-order valence-electron chi connectivity index (χ3n) is 2.57. The molecule has 0 aromatic carbocycles. The van der Waals surface area contributed by atoms with E-state index in [1.165, 1.54) is 12.0 Å². The zero-order valence-electron chi connectivity index (χ0n) is 7.53. The molecule has 1 aliphatic heterocycles. The van der Waals surface area contributed by atoms with Crippen LogP contribution in [0.15, 0.2) is 23.1 Å². The van der Waals surface area contributed by atoms with Gasteiger partial charge in [-0.2, -0.15) is 0 Å². The highest BCUT2D eigenvalue weighted by Crippen LogP contribution is 2.44. The van der Waals surface area contributed by atoms with E-state index in [1.54, 1.807) is 11.8 Å². The third kappa shape index (κ3) is 1.53. The van der Waals surface area contributed by atoms with Crippen LogP contribution in [0.25, 0.3) is 0 Å². The van der Waals surface area contributed by atoms with Crippen LogP contribution in [-0.2, 0) is 9.53 Å². The summed E-state index contributed by atoms with van der Waals surface area (Å²) >= 11 is 1.79. The van der Waals surface area contributed by atoms with Crippen molar-refractivity contribution in [2.75, 3.05) is 12.9 Å². The molecule has 0 aromatic rings. The summed E-state index contributed by atoms with van der Waals surface area (Å²) < 4.78 is 4.78. The second kappa shape index (κ2) is 3.58. The van der Waals surface area contributed by atoms with Crippen molar-refractivity contribution in [1.82, 2.24) is 0 Å². The summed E-state index contributed by atoms with van der Waals surface area (Å²) in [6, 6.07) is 0. The van der Waals surface area contributed by atoms with Crippen molar-refractivity contribution in [2.45, 2.75) is 6.42 Å². The van der Waals surface area contributed by atoms with E-state index in [-0.39, 0.29) is 11.9 Å². The van der Waals surface area contributed by atoms with E-state index in [2.05, 4.69) is 18.2 Å². The minimum absolute atomic E-state index is 0.0591. The van der Waals surface area contributed by atoms with Gasteiger partial charge in [-0.15, -0.1) is 11.8 Å². The number of fused-ring (bicyclic) bond motifs is 1. The Kier molecular flexibility index (Phi) is 2.44. The second-order valence-corrected chi connectivity index (χ2v) is 4.37. The van der Waals surface area contributed by atoms with Crippen LogP contribution in [0.3, 0.4) is 0 Å². The number of carbonyl (C=O) groups is 1. The summed E-state index contributed by atoms with van der Waals surface area (Å²) in [5, 5.41) is 0. The molecule has 2 atom stereocenters. The van der Waals surface area contributed by atoms with Crippen molar-refractivity contribution in [2.24, 2.45) is 11.8 Å². The van der Waals surface area contributed by atoms with Gasteiger partial charge in [0.1, 0.15) is 0 Å². The molecule has 2 rings (SSSR count). The lowest BCUT2D eigenvalue weighted by Crippen LogP contribution is -2.23. The highest BCUT2D eigenvalue weighted by atomic mass is 32.2. The van der Waals surface area contributed by atoms with Crippen molar-refractivity contribution in [3.63, 3.8) is 0 Å². The average molecular weight is 196 g/mol. The zero-order chi connectivity index (χ0) is 9.26. The van der Waals surface area contributed by atoms with Crippen LogP contribution in [0, 0.1) is 11.8 Å². The maximum Gasteiger partial charge on any atom is 0.310 e. The third-order valence-corrected chi connectivity index (χ3v) is 3.87. The molecule has 1 saturated heterocycles. The number of allylic oxidation sites excluding steroid dienone is 4. The fraction of sp³-hybridized carbons (Fsp3) is 0.500. The minimum atomic E-state index is -0.0591. The van der Waals surface area contributed by atoms with Crippen molar-refractivity contribution in [1.29, 1.82) is 0 Å². The highest BCUT2D eigenvalue weighted by molar-refractivity contribution is 8.03. The predicted molar refractivity (Wildman–Crippen MR) is 53.3 cm³/mol. The lowest BCUT2D eigenvalue weighted by Gasteiger charge is -2.17. The van der Waals surface area contributed by atoms with Gasteiger partial charge in [-0.3, -0.25) is 4.79 Å². The molecule has 1 heterocycles. The molecule has 0 aromatic heterocycles. The topological polar surface area (TPSA) is 26.3 Å². The fourth-order valence-electron chi connectivity index (χ4n) is 1.83. The maximum absolute atomic E-state index is 11.4. The monoisotopic (exact) mass is 196 g/mol. The van der Waals surface area contributed by atoms with Crippen molar-refractivity contribution in [3.8, 4) is 0 Å². The molecule has 2 aliphatic rings. The molecule has 0 bridgehead atoms. The lowest BCUT2D eigenvalue weighted by molar-refractivity contribution is -0.145. The first-order chi connectivity index (χ1) is 6.33. The van der Waals surface area contributed by atoms with Crippen LogP contribution in [0.5, 0.6) is 0 Å². The molecule has 2 unspecified atom stereocenters. The molecule has 0 radical (unpaired) electrons. The summed E-state index contributed by atoms with van der Waals surface area (Å²) in [6.45, 7) is 0. The molecule has 70 valence electrons. The predicted octanol–water partition coefficient (Wildman–Crippen LogP) is 1.98. The van der Waals surface area contributed by atoms with Crippen LogP contribution < -0.4 is 0 Å². The number of ether oxygens (including phenoxy) is 1. The molecule has 3 heteroatoms. The Bertz CT molecular complexity index is 281. The highest BCUT2D eigenvalue weighted by Gasteiger charge is 2.37. The average Bonchev–Trinajstić information content (AvgIpc) is 2.60. The fourth-order valence-corrected chi connectivity index (χ4v) is 3.22. The quantitative estimate of drug-likeness (QED) is 0.600. The number of methoxy groups -OCH3 is 1. The smallest absolute Gasteiger partial charge is 0.310 e. The van der Waals surface area contributed by atoms with Gasteiger partial charge in [0.15, 0.2) is 0 Å². The number of rotatable bonds is 1. The first-order valence-corrected chi connectivity index (χ1v) is 5.39. The minimum Gasteiger partial charge on any atom is -0.469 e. The number of carbonyl (C=O) groups excluding carboxylic acids is 1. The maximum atomic E-state index is 11.4. The molecule has 1 aliphatic carbocycles. The zero-order valence-corrected chi connectivity index (χ0v) is 8.34. The Morgan fingerprint density at radius 1 is 1.69 bits per heavy atom. The Balaban J connectivity index is 2.14. The van der Waals surface area contributed by atoms with Crippen molar-refractivity contribution in [3.05, 3.63) is 23.1 Å². The Labute approximate surface area is 82.0 Å². The van der Waals surface area contributed by atoms with Gasteiger partial charge in [-0.1, -0.05) is 18.2 Å². The van der Waals surface area contributed by atoms with E-state index < -0.39 is 0 Å². The number of esters is 1. The van der Waals surface area contributed by atoms with Crippen LogP contribution in [0.4, 0.5) is 0 Å². The van der Waals surface area contributed by atoms with E-state index in [0.717, 1.165) is 12.2 Å². The first-order valence-electron chi connectivity index (χ1n) is 4.40. The molecular formula is C10H12O2S. The largest absolute Gasteiger partial charge is 0.469 e. The van der Waals surface area contributed by atoms with Crippen LogP contribution in [-0.4, -0.2) is 18.8 Å². The van der Waals surface area contributed by atoms with E-state index in [4.69, 9.17) is 4.74 Å². The van der Waals surface area contributed by atoms with E-state index in [1.807, 2.05) is 0 Å². The first kappa shape index (κ1) is 8.88. The van der Waals surface area contributed by atoms with Crippen LogP contribution >= 0.6 is 11.8 Å². The second-order valence-electron chi connectivity index (χ2n) is 3.28. The summed E-state index contributed by atoms with van der Waals surface area (Å²) in [6.07, 6.45) is 7.29. The number of thioether (sulfide) groups is 1. The number of hydrogen-bond donors (Lipinski definition) is 0. The van der Waals surface area contributed by atoms with Gasteiger partial charge >= 0.3 is 5.97 Å². The Morgan fingerprint density at radius 2 is 2.54 bits per heavy atom.